The van der Waals surface area contributed by atoms with Crippen LogP contribution in [-0.4, -0.2) is 25.0 Å². The molecule has 170 valence electrons. The molecule has 2 aromatic carbocycles. The summed E-state index contributed by atoms with van der Waals surface area (Å²) in [7, 11) is 0. The Hall–Kier alpha value is -3.03. The van der Waals surface area contributed by atoms with Gasteiger partial charge in [-0.1, -0.05) is 35.9 Å². The van der Waals surface area contributed by atoms with Gasteiger partial charge in [-0.05, 0) is 43.6 Å². The third-order valence-corrected chi connectivity index (χ3v) is 6.81. The molecule has 1 unspecified atom stereocenters. The van der Waals surface area contributed by atoms with E-state index >= 15 is 4.39 Å². The summed E-state index contributed by atoms with van der Waals surface area (Å²) in [5, 5.41) is 19.3. The lowest BCUT2D eigenvalue weighted by atomic mass is 9.65. The summed E-state index contributed by atoms with van der Waals surface area (Å²) >= 11 is 6.69. The van der Waals surface area contributed by atoms with E-state index in [9.17, 15) is 9.60 Å². The minimum absolute atomic E-state index is 0.111. The first-order valence-electron chi connectivity index (χ1n) is 11.0. The van der Waals surface area contributed by atoms with Gasteiger partial charge in [-0.3, -0.25) is 4.99 Å². The van der Waals surface area contributed by atoms with E-state index in [1.54, 1.807) is 12.1 Å². The number of benzene rings is 2. The second-order valence-electron chi connectivity index (χ2n) is 8.50. The highest BCUT2D eigenvalue weighted by Gasteiger charge is 2.46. The van der Waals surface area contributed by atoms with Crippen molar-refractivity contribution in [1.29, 1.82) is 0 Å². The maximum atomic E-state index is 15.4. The standard InChI is InChI=1S/C25H23ClF2N4O/c26-21-4-2-1-3-18(21)25(19-6-5-16(27)13-22(19)28)14-24(30-17-7-10-29-11-8-17)31-23-15-32(33)12-9-20(23)25/h1-6,9,12-13,15,17,29H,7-8,10-11,14H2,(H,30,31). The van der Waals surface area contributed by atoms with Gasteiger partial charge in [0.25, 0.3) is 0 Å². The quantitative estimate of drug-likeness (QED) is 0.438. The number of anilines is 1. The van der Waals surface area contributed by atoms with Crippen LogP contribution in [0.4, 0.5) is 14.5 Å². The van der Waals surface area contributed by atoms with Crippen molar-refractivity contribution in [1.82, 2.24) is 5.32 Å². The molecule has 0 radical (unpaired) electrons. The summed E-state index contributed by atoms with van der Waals surface area (Å²) < 4.78 is 30.0. The number of aromatic nitrogens is 1. The molecule has 0 amide bonds. The molecule has 33 heavy (non-hydrogen) atoms. The lowest BCUT2D eigenvalue weighted by Gasteiger charge is -2.41. The molecule has 0 saturated carbocycles. The molecule has 3 heterocycles. The van der Waals surface area contributed by atoms with Gasteiger partial charge in [-0.25, -0.2) is 8.78 Å². The van der Waals surface area contributed by atoms with Gasteiger partial charge < -0.3 is 15.8 Å². The molecule has 5 nitrogen and oxygen atoms in total. The largest absolute Gasteiger partial charge is 0.619 e. The number of amidine groups is 1. The zero-order valence-corrected chi connectivity index (χ0v) is 18.6. The fourth-order valence-corrected chi connectivity index (χ4v) is 5.30. The molecule has 0 spiro atoms. The number of piperidine rings is 1. The van der Waals surface area contributed by atoms with Crippen LogP contribution in [0.25, 0.3) is 0 Å². The highest BCUT2D eigenvalue weighted by Crippen LogP contribution is 2.50. The van der Waals surface area contributed by atoms with Crippen molar-refractivity contribution < 1.29 is 13.5 Å². The van der Waals surface area contributed by atoms with E-state index in [0.29, 0.717) is 38.8 Å². The minimum atomic E-state index is -1.10. The highest BCUT2D eigenvalue weighted by molar-refractivity contribution is 6.31. The predicted octanol–water partition coefficient (Wildman–Crippen LogP) is 4.55. The molecule has 2 aliphatic rings. The average Bonchev–Trinajstić information content (AvgIpc) is 2.79. The van der Waals surface area contributed by atoms with Crippen LogP contribution in [0.1, 0.15) is 36.0 Å². The van der Waals surface area contributed by atoms with Crippen molar-refractivity contribution in [2.45, 2.75) is 30.7 Å². The van der Waals surface area contributed by atoms with Gasteiger partial charge in [-0.2, -0.15) is 4.73 Å². The molecular weight excluding hydrogens is 446 g/mol. The summed E-state index contributed by atoms with van der Waals surface area (Å²) in [6.45, 7) is 1.75. The third-order valence-electron chi connectivity index (χ3n) is 6.48. The first kappa shape index (κ1) is 21.8. The van der Waals surface area contributed by atoms with Gasteiger partial charge in [0.05, 0.1) is 11.5 Å². The first-order chi connectivity index (χ1) is 16.0. The number of aliphatic imine (C=N–C) groups is 1. The Morgan fingerprint density at radius 3 is 2.58 bits per heavy atom. The van der Waals surface area contributed by atoms with Crippen molar-refractivity contribution in [3.63, 3.8) is 0 Å². The van der Waals surface area contributed by atoms with E-state index in [0.717, 1.165) is 32.0 Å². The highest BCUT2D eigenvalue weighted by atomic mass is 35.5. The zero-order chi connectivity index (χ0) is 23.0. The normalized spacial score (nSPS) is 22.1. The van der Waals surface area contributed by atoms with Crippen LogP contribution in [0.3, 0.4) is 0 Å². The number of nitrogens with zero attached hydrogens (tertiary/aromatic N) is 2. The van der Waals surface area contributed by atoms with Gasteiger partial charge in [0, 0.05) is 34.7 Å². The van der Waals surface area contributed by atoms with Gasteiger partial charge >= 0.3 is 0 Å². The number of hydrogen-bond donors (Lipinski definition) is 2. The van der Waals surface area contributed by atoms with E-state index in [-0.39, 0.29) is 11.6 Å². The third kappa shape index (κ3) is 3.96. The second-order valence-corrected chi connectivity index (χ2v) is 8.91. The van der Waals surface area contributed by atoms with Crippen LogP contribution < -0.4 is 15.4 Å². The molecule has 3 aromatic rings. The van der Waals surface area contributed by atoms with Crippen molar-refractivity contribution in [3.8, 4) is 0 Å². The Bertz CT molecular complexity index is 1230. The van der Waals surface area contributed by atoms with Crippen molar-refractivity contribution in [2.75, 3.05) is 18.4 Å². The molecule has 1 fully saturated rings. The number of pyridine rings is 1. The van der Waals surface area contributed by atoms with Gasteiger partial charge in [0.15, 0.2) is 6.20 Å². The van der Waals surface area contributed by atoms with E-state index in [1.165, 1.54) is 24.5 Å². The van der Waals surface area contributed by atoms with Crippen LogP contribution in [0.15, 0.2) is 65.9 Å². The van der Waals surface area contributed by atoms with Gasteiger partial charge in [0.2, 0.25) is 6.20 Å². The van der Waals surface area contributed by atoms with Crippen LogP contribution >= 0.6 is 11.6 Å². The van der Waals surface area contributed by atoms with Crippen molar-refractivity contribution in [2.24, 2.45) is 4.99 Å². The molecule has 1 aromatic heterocycles. The van der Waals surface area contributed by atoms with E-state index in [2.05, 4.69) is 10.6 Å². The SMILES string of the molecule is [O-][n+]1ccc2c(c1)NC(=NC1CCNCC1)CC2(c1ccc(F)cc1F)c1ccccc1Cl. The Balaban J connectivity index is 1.79. The zero-order valence-electron chi connectivity index (χ0n) is 17.8. The summed E-state index contributed by atoms with van der Waals surface area (Å²) in [4.78, 5) is 4.96. The molecule has 2 aliphatic heterocycles. The molecule has 2 N–H and O–H groups in total. The minimum Gasteiger partial charge on any atom is -0.619 e. The van der Waals surface area contributed by atoms with Crippen molar-refractivity contribution >= 4 is 23.1 Å². The Morgan fingerprint density at radius 1 is 1.03 bits per heavy atom. The molecule has 1 saturated heterocycles. The maximum absolute atomic E-state index is 15.4. The van der Waals surface area contributed by atoms with E-state index < -0.39 is 17.0 Å². The van der Waals surface area contributed by atoms with Crippen LogP contribution in [0.5, 0.6) is 0 Å². The number of fused-ring (bicyclic) bond motifs is 1. The number of hydrogen-bond acceptors (Lipinski definition) is 3. The molecule has 5 rings (SSSR count). The molecule has 0 bridgehead atoms. The van der Waals surface area contributed by atoms with Crippen LogP contribution in [-0.2, 0) is 5.41 Å². The fraction of sp³-hybridized carbons (Fsp3) is 0.280. The summed E-state index contributed by atoms with van der Waals surface area (Å²) in [5.74, 6) is -0.694. The molecule has 8 heteroatoms. The van der Waals surface area contributed by atoms with E-state index in [4.69, 9.17) is 16.6 Å². The number of nitrogens with one attached hydrogen (secondary N) is 2. The molecule has 0 aliphatic carbocycles. The second kappa shape index (κ2) is 8.72. The summed E-state index contributed by atoms with van der Waals surface area (Å²) in [6, 6.07) is 12.6. The topological polar surface area (TPSA) is 63.4 Å². The van der Waals surface area contributed by atoms with E-state index in [1.807, 2.05) is 18.2 Å². The fourth-order valence-electron chi connectivity index (χ4n) is 5.00. The number of rotatable bonds is 3. The Morgan fingerprint density at radius 2 is 1.82 bits per heavy atom. The first-order valence-corrected chi connectivity index (χ1v) is 11.3. The maximum Gasteiger partial charge on any atom is 0.204 e. The summed E-state index contributed by atoms with van der Waals surface area (Å²) in [5.41, 5.74) is 1.05. The lowest BCUT2D eigenvalue weighted by molar-refractivity contribution is -0.604. The lowest BCUT2D eigenvalue weighted by Crippen LogP contribution is -2.43. The smallest absolute Gasteiger partial charge is 0.204 e. The number of halogens is 3. The predicted molar refractivity (Wildman–Crippen MR) is 125 cm³/mol. The van der Waals surface area contributed by atoms with Crippen LogP contribution in [0, 0.1) is 16.8 Å². The Kier molecular flexibility index (Phi) is 5.76. The van der Waals surface area contributed by atoms with Gasteiger partial charge in [0.1, 0.15) is 23.2 Å². The summed E-state index contributed by atoms with van der Waals surface area (Å²) in [6.07, 6.45) is 4.86. The van der Waals surface area contributed by atoms with Crippen molar-refractivity contribution in [3.05, 3.63) is 99.5 Å². The molecule has 1 atom stereocenters. The van der Waals surface area contributed by atoms with Gasteiger partial charge in [-0.15, -0.1) is 0 Å². The average molecular weight is 469 g/mol. The molecular formula is C25H23ClF2N4O. The Labute approximate surface area is 195 Å². The monoisotopic (exact) mass is 468 g/mol. The van der Waals surface area contributed by atoms with Crippen LogP contribution in [0.2, 0.25) is 5.02 Å².